The molecule has 30 heavy (non-hydrogen) atoms. The molecule has 2 aromatic heterocycles. The summed E-state index contributed by atoms with van der Waals surface area (Å²) in [5.41, 5.74) is 3.44. The summed E-state index contributed by atoms with van der Waals surface area (Å²) in [4.78, 5) is 16.6. The first-order valence-corrected chi connectivity index (χ1v) is 9.66. The van der Waals surface area contributed by atoms with E-state index in [1.54, 1.807) is 23.0 Å². The number of nitrogens with one attached hydrogen (secondary N) is 2. The predicted molar refractivity (Wildman–Crippen MR) is 113 cm³/mol. The highest BCUT2D eigenvalue weighted by molar-refractivity contribution is 5.89. The zero-order valence-electron chi connectivity index (χ0n) is 16.7. The molecule has 0 fully saturated rings. The third-order valence-electron chi connectivity index (χ3n) is 4.51. The van der Waals surface area contributed by atoms with Gasteiger partial charge in [0.15, 0.2) is 5.82 Å². The fourth-order valence-corrected chi connectivity index (χ4v) is 2.83. The van der Waals surface area contributed by atoms with Gasteiger partial charge in [-0.15, -0.1) is 0 Å². The number of carbonyl (C=O) groups is 1. The molecule has 2 heterocycles. The van der Waals surface area contributed by atoms with Gasteiger partial charge in [-0.2, -0.15) is 10.1 Å². The lowest BCUT2D eigenvalue weighted by Crippen LogP contribution is -2.28. The molecule has 8 nitrogen and oxygen atoms in total. The molecule has 2 aromatic carbocycles. The Morgan fingerprint density at radius 1 is 1.10 bits per heavy atom. The van der Waals surface area contributed by atoms with Crippen molar-refractivity contribution in [2.24, 2.45) is 0 Å². The Labute approximate surface area is 173 Å². The van der Waals surface area contributed by atoms with E-state index in [0.717, 1.165) is 16.8 Å². The molecule has 152 valence electrons. The van der Waals surface area contributed by atoms with Crippen LogP contribution in [0.2, 0.25) is 0 Å². The van der Waals surface area contributed by atoms with Crippen molar-refractivity contribution in [3.63, 3.8) is 0 Å². The number of aromatic nitrogens is 4. The minimum Gasteiger partial charge on any atom is -0.334 e. The second-order valence-corrected chi connectivity index (χ2v) is 7.11. The van der Waals surface area contributed by atoms with Crippen LogP contribution in [0.3, 0.4) is 0 Å². The van der Waals surface area contributed by atoms with Crippen molar-refractivity contribution in [1.82, 2.24) is 25.2 Å². The molecule has 0 aliphatic carbocycles. The van der Waals surface area contributed by atoms with E-state index in [1.807, 2.05) is 62.5 Å². The molecule has 0 aliphatic heterocycles. The molecule has 0 radical (unpaired) electrons. The molecule has 0 spiro atoms. The summed E-state index contributed by atoms with van der Waals surface area (Å²) in [6.45, 7) is 4.44. The van der Waals surface area contributed by atoms with Gasteiger partial charge in [-0.3, -0.25) is 0 Å². The van der Waals surface area contributed by atoms with Crippen molar-refractivity contribution < 1.29 is 9.32 Å². The zero-order chi connectivity index (χ0) is 20.9. The van der Waals surface area contributed by atoms with E-state index < -0.39 is 0 Å². The van der Waals surface area contributed by atoms with Gasteiger partial charge in [-0.1, -0.05) is 31.1 Å². The Morgan fingerprint density at radius 2 is 1.87 bits per heavy atom. The van der Waals surface area contributed by atoms with E-state index in [1.165, 1.54) is 0 Å². The summed E-state index contributed by atoms with van der Waals surface area (Å²) in [6, 6.07) is 16.7. The van der Waals surface area contributed by atoms with E-state index >= 15 is 0 Å². The van der Waals surface area contributed by atoms with Gasteiger partial charge in [0.05, 0.1) is 5.69 Å². The highest BCUT2D eigenvalue weighted by atomic mass is 16.5. The average molecular weight is 402 g/mol. The van der Waals surface area contributed by atoms with E-state index in [9.17, 15) is 4.79 Å². The van der Waals surface area contributed by atoms with E-state index in [2.05, 4.69) is 25.9 Å². The SMILES string of the molecule is CC(C)c1noc(-c2ccc(NC(=O)NCc3ccc(-n4cccn4)cc3)cc2)n1. The van der Waals surface area contributed by atoms with Crippen LogP contribution in [0.5, 0.6) is 0 Å². The molecule has 0 saturated carbocycles. The van der Waals surface area contributed by atoms with Crippen LogP contribution in [0, 0.1) is 0 Å². The highest BCUT2D eigenvalue weighted by Gasteiger charge is 2.11. The summed E-state index contributed by atoms with van der Waals surface area (Å²) < 4.78 is 7.07. The second kappa shape index (κ2) is 8.60. The predicted octanol–water partition coefficient (Wildman–Crippen LogP) is 4.37. The van der Waals surface area contributed by atoms with Crippen LogP contribution < -0.4 is 10.6 Å². The van der Waals surface area contributed by atoms with E-state index in [-0.39, 0.29) is 11.9 Å². The molecule has 0 bridgehead atoms. The number of amides is 2. The summed E-state index contributed by atoms with van der Waals surface area (Å²) >= 11 is 0. The van der Waals surface area contributed by atoms with Crippen LogP contribution >= 0.6 is 0 Å². The van der Waals surface area contributed by atoms with Crippen molar-refractivity contribution in [1.29, 1.82) is 0 Å². The lowest BCUT2D eigenvalue weighted by molar-refractivity contribution is 0.251. The molecule has 8 heteroatoms. The Balaban J connectivity index is 1.30. The minimum absolute atomic E-state index is 0.203. The third-order valence-corrected chi connectivity index (χ3v) is 4.51. The van der Waals surface area contributed by atoms with Crippen molar-refractivity contribution in [2.75, 3.05) is 5.32 Å². The molecule has 2 N–H and O–H groups in total. The number of hydrogen-bond donors (Lipinski definition) is 2. The van der Waals surface area contributed by atoms with Gasteiger partial charge in [0, 0.05) is 36.1 Å². The van der Waals surface area contributed by atoms with E-state index in [0.29, 0.717) is 23.9 Å². The molecule has 2 amide bonds. The summed E-state index contributed by atoms with van der Waals surface area (Å²) in [5.74, 6) is 1.34. The van der Waals surface area contributed by atoms with Crippen molar-refractivity contribution in [2.45, 2.75) is 26.3 Å². The van der Waals surface area contributed by atoms with Gasteiger partial charge in [0.2, 0.25) is 0 Å². The fourth-order valence-electron chi connectivity index (χ4n) is 2.83. The smallest absolute Gasteiger partial charge is 0.319 e. The molecule has 0 unspecified atom stereocenters. The van der Waals surface area contributed by atoms with Crippen molar-refractivity contribution in [3.8, 4) is 17.1 Å². The fraction of sp³-hybridized carbons (Fsp3) is 0.182. The summed E-state index contributed by atoms with van der Waals surface area (Å²) in [6.07, 6.45) is 3.62. The monoisotopic (exact) mass is 402 g/mol. The van der Waals surface area contributed by atoms with Gasteiger partial charge in [0.1, 0.15) is 0 Å². The number of hydrogen-bond acceptors (Lipinski definition) is 5. The Kier molecular flexibility index (Phi) is 5.56. The second-order valence-electron chi connectivity index (χ2n) is 7.11. The minimum atomic E-state index is -0.279. The number of rotatable bonds is 6. The maximum Gasteiger partial charge on any atom is 0.319 e. The number of urea groups is 1. The van der Waals surface area contributed by atoms with Gasteiger partial charge in [-0.05, 0) is 48.0 Å². The van der Waals surface area contributed by atoms with Crippen molar-refractivity contribution >= 4 is 11.7 Å². The molecular formula is C22H22N6O2. The van der Waals surface area contributed by atoms with Gasteiger partial charge in [0.25, 0.3) is 5.89 Å². The van der Waals surface area contributed by atoms with E-state index in [4.69, 9.17) is 4.52 Å². The molecule has 0 saturated heterocycles. The summed E-state index contributed by atoms with van der Waals surface area (Å²) in [7, 11) is 0. The van der Waals surface area contributed by atoms with Gasteiger partial charge < -0.3 is 15.2 Å². The third kappa shape index (κ3) is 4.54. The van der Waals surface area contributed by atoms with Gasteiger partial charge in [-0.25, -0.2) is 9.48 Å². The van der Waals surface area contributed by atoms with Crippen LogP contribution in [0.15, 0.2) is 71.5 Å². The standard InChI is InChI=1S/C22H22N6O2/c1-15(2)20-26-21(30-27-20)17-6-8-18(9-7-17)25-22(29)23-14-16-4-10-19(11-5-16)28-13-3-12-24-28/h3-13,15H,14H2,1-2H3,(H2,23,25,29). The number of anilines is 1. The number of benzene rings is 2. The molecule has 0 aliphatic rings. The lowest BCUT2D eigenvalue weighted by Gasteiger charge is -2.09. The average Bonchev–Trinajstić information content (AvgIpc) is 3.46. The number of nitrogens with zero attached hydrogens (tertiary/aromatic N) is 4. The van der Waals surface area contributed by atoms with Crippen molar-refractivity contribution in [3.05, 3.63) is 78.4 Å². The normalized spacial score (nSPS) is 10.9. The van der Waals surface area contributed by atoms with Crippen LogP contribution in [-0.2, 0) is 6.54 Å². The molecular weight excluding hydrogens is 380 g/mol. The van der Waals surface area contributed by atoms with Crippen LogP contribution in [-0.4, -0.2) is 26.0 Å². The number of carbonyl (C=O) groups excluding carboxylic acids is 1. The van der Waals surface area contributed by atoms with Crippen LogP contribution in [0.4, 0.5) is 10.5 Å². The molecule has 4 rings (SSSR count). The van der Waals surface area contributed by atoms with Crippen LogP contribution in [0.25, 0.3) is 17.1 Å². The topological polar surface area (TPSA) is 97.9 Å². The first-order chi connectivity index (χ1) is 14.6. The lowest BCUT2D eigenvalue weighted by atomic mass is 10.2. The quantitative estimate of drug-likeness (QED) is 0.499. The first-order valence-electron chi connectivity index (χ1n) is 9.66. The summed E-state index contributed by atoms with van der Waals surface area (Å²) in [5, 5.41) is 13.8. The highest BCUT2D eigenvalue weighted by Crippen LogP contribution is 2.21. The Bertz CT molecular complexity index is 1100. The Hall–Kier alpha value is -3.94. The van der Waals surface area contributed by atoms with Gasteiger partial charge >= 0.3 is 6.03 Å². The maximum atomic E-state index is 12.2. The largest absolute Gasteiger partial charge is 0.334 e. The maximum absolute atomic E-state index is 12.2. The Morgan fingerprint density at radius 3 is 2.50 bits per heavy atom. The zero-order valence-corrected chi connectivity index (χ0v) is 16.7. The molecule has 4 aromatic rings. The van der Waals surface area contributed by atoms with Crippen LogP contribution in [0.1, 0.15) is 31.2 Å². The first kappa shape index (κ1) is 19.4. The molecule has 0 atom stereocenters.